The summed E-state index contributed by atoms with van der Waals surface area (Å²) >= 11 is 0. The molecule has 56 valence electrons. The average molecular weight is 141 g/mol. The standard InChI is InChI=1S/C6H11N3O/c1-9-6(7)4-5(8-9)2-3-10/h4,10H,2-3,7H2,1H3. The maximum Gasteiger partial charge on any atom is 0.121 e. The van der Waals surface area contributed by atoms with Crippen LogP contribution in [0.2, 0.25) is 0 Å². The lowest BCUT2D eigenvalue weighted by molar-refractivity contribution is 0.298. The monoisotopic (exact) mass is 141 g/mol. The highest BCUT2D eigenvalue weighted by Crippen LogP contribution is 2.03. The van der Waals surface area contributed by atoms with Crippen molar-refractivity contribution < 1.29 is 5.11 Å². The first-order chi connectivity index (χ1) is 4.74. The van der Waals surface area contributed by atoms with Crippen LogP contribution < -0.4 is 5.73 Å². The fourth-order valence-electron chi connectivity index (χ4n) is 0.780. The van der Waals surface area contributed by atoms with Crippen molar-refractivity contribution in [3.05, 3.63) is 11.8 Å². The minimum absolute atomic E-state index is 0.121. The first-order valence-corrected chi connectivity index (χ1v) is 3.13. The number of hydrogen-bond acceptors (Lipinski definition) is 3. The molecule has 0 atom stereocenters. The van der Waals surface area contributed by atoms with Crippen LogP contribution in [0.25, 0.3) is 0 Å². The second-order valence-corrected chi connectivity index (χ2v) is 2.16. The van der Waals surface area contributed by atoms with Crippen molar-refractivity contribution in [2.45, 2.75) is 6.42 Å². The van der Waals surface area contributed by atoms with E-state index in [0.29, 0.717) is 12.2 Å². The quantitative estimate of drug-likeness (QED) is 0.585. The van der Waals surface area contributed by atoms with Crippen LogP contribution in [-0.4, -0.2) is 21.5 Å². The number of aliphatic hydroxyl groups is 1. The summed E-state index contributed by atoms with van der Waals surface area (Å²) in [4.78, 5) is 0. The number of hydrogen-bond donors (Lipinski definition) is 2. The highest BCUT2D eigenvalue weighted by atomic mass is 16.3. The molecule has 10 heavy (non-hydrogen) atoms. The largest absolute Gasteiger partial charge is 0.396 e. The topological polar surface area (TPSA) is 64.1 Å². The maximum absolute atomic E-state index is 8.53. The van der Waals surface area contributed by atoms with E-state index in [1.165, 1.54) is 0 Å². The predicted molar refractivity (Wildman–Crippen MR) is 38.4 cm³/mol. The van der Waals surface area contributed by atoms with E-state index >= 15 is 0 Å². The lowest BCUT2D eigenvalue weighted by atomic mass is 10.3. The Balaban J connectivity index is 2.77. The summed E-state index contributed by atoms with van der Waals surface area (Å²) in [5.41, 5.74) is 6.33. The van der Waals surface area contributed by atoms with Crippen molar-refractivity contribution in [3.63, 3.8) is 0 Å². The maximum atomic E-state index is 8.53. The van der Waals surface area contributed by atoms with Crippen LogP contribution in [0.1, 0.15) is 5.69 Å². The lowest BCUT2D eigenvalue weighted by Gasteiger charge is -1.89. The van der Waals surface area contributed by atoms with E-state index in [-0.39, 0.29) is 6.61 Å². The number of nitrogens with zero attached hydrogens (tertiary/aromatic N) is 2. The molecule has 0 aliphatic rings. The number of aliphatic hydroxyl groups excluding tert-OH is 1. The number of anilines is 1. The van der Waals surface area contributed by atoms with Gasteiger partial charge in [0.2, 0.25) is 0 Å². The fraction of sp³-hybridized carbons (Fsp3) is 0.500. The normalized spacial score (nSPS) is 10.2. The Bertz CT molecular complexity index is 199. The second kappa shape index (κ2) is 2.70. The highest BCUT2D eigenvalue weighted by molar-refractivity contribution is 5.30. The molecule has 0 saturated carbocycles. The Labute approximate surface area is 59.3 Å². The zero-order chi connectivity index (χ0) is 7.56. The Morgan fingerprint density at radius 1 is 1.80 bits per heavy atom. The van der Waals surface area contributed by atoms with Crippen LogP contribution in [0.3, 0.4) is 0 Å². The fourth-order valence-corrected chi connectivity index (χ4v) is 0.780. The molecule has 3 N–H and O–H groups in total. The molecule has 0 aromatic carbocycles. The van der Waals surface area contributed by atoms with Crippen LogP contribution in [0.4, 0.5) is 5.82 Å². The van der Waals surface area contributed by atoms with Crippen molar-refractivity contribution in [2.24, 2.45) is 7.05 Å². The lowest BCUT2D eigenvalue weighted by Crippen LogP contribution is -1.97. The molecule has 0 amide bonds. The summed E-state index contributed by atoms with van der Waals surface area (Å²) in [5, 5.41) is 12.6. The van der Waals surface area contributed by atoms with Crippen molar-refractivity contribution in [1.82, 2.24) is 9.78 Å². The van der Waals surface area contributed by atoms with E-state index in [2.05, 4.69) is 5.10 Å². The molecule has 0 radical (unpaired) electrons. The Morgan fingerprint density at radius 3 is 2.90 bits per heavy atom. The van der Waals surface area contributed by atoms with Gasteiger partial charge in [-0.25, -0.2) is 0 Å². The molecule has 0 bridgehead atoms. The molecule has 0 fully saturated rings. The van der Waals surface area contributed by atoms with Gasteiger partial charge in [-0.3, -0.25) is 4.68 Å². The average Bonchev–Trinajstić information content (AvgIpc) is 2.14. The molecule has 0 spiro atoms. The van der Waals surface area contributed by atoms with E-state index in [0.717, 1.165) is 5.69 Å². The third kappa shape index (κ3) is 1.27. The number of nitrogens with two attached hydrogens (primary N) is 1. The minimum atomic E-state index is 0.121. The summed E-state index contributed by atoms with van der Waals surface area (Å²) in [6.07, 6.45) is 0.574. The molecule has 0 aliphatic carbocycles. The van der Waals surface area contributed by atoms with Gasteiger partial charge in [0.15, 0.2) is 0 Å². The van der Waals surface area contributed by atoms with Gasteiger partial charge < -0.3 is 10.8 Å². The highest BCUT2D eigenvalue weighted by Gasteiger charge is 1.98. The summed E-state index contributed by atoms with van der Waals surface area (Å²) in [5.74, 6) is 0.628. The molecule has 0 aliphatic heterocycles. The Hall–Kier alpha value is -1.03. The van der Waals surface area contributed by atoms with E-state index in [1.54, 1.807) is 17.8 Å². The van der Waals surface area contributed by atoms with Gasteiger partial charge in [-0.2, -0.15) is 5.10 Å². The molecule has 1 aromatic heterocycles. The van der Waals surface area contributed by atoms with E-state index in [4.69, 9.17) is 10.8 Å². The molecule has 4 nitrogen and oxygen atoms in total. The number of aromatic nitrogens is 2. The molecule has 1 rings (SSSR count). The Kier molecular flexibility index (Phi) is 1.91. The van der Waals surface area contributed by atoms with Gasteiger partial charge in [0, 0.05) is 26.1 Å². The molecule has 4 heteroatoms. The first-order valence-electron chi connectivity index (χ1n) is 3.13. The third-order valence-corrected chi connectivity index (χ3v) is 1.33. The summed E-state index contributed by atoms with van der Waals surface area (Å²) < 4.78 is 1.59. The van der Waals surface area contributed by atoms with Crippen molar-refractivity contribution in [2.75, 3.05) is 12.3 Å². The first kappa shape index (κ1) is 7.08. The van der Waals surface area contributed by atoms with Crippen LogP contribution in [0.15, 0.2) is 6.07 Å². The zero-order valence-electron chi connectivity index (χ0n) is 5.91. The van der Waals surface area contributed by atoms with Gasteiger partial charge in [0.1, 0.15) is 5.82 Å². The van der Waals surface area contributed by atoms with Gasteiger partial charge in [0.05, 0.1) is 5.69 Å². The molecular formula is C6H11N3O. The second-order valence-electron chi connectivity index (χ2n) is 2.16. The third-order valence-electron chi connectivity index (χ3n) is 1.33. The zero-order valence-corrected chi connectivity index (χ0v) is 5.91. The summed E-state index contributed by atoms with van der Waals surface area (Å²) in [7, 11) is 1.77. The van der Waals surface area contributed by atoms with Crippen LogP contribution in [0, 0.1) is 0 Å². The number of rotatable bonds is 2. The van der Waals surface area contributed by atoms with E-state index < -0.39 is 0 Å². The molecular weight excluding hydrogens is 130 g/mol. The molecule has 0 saturated heterocycles. The van der Waals surface area contributed by atoms with Gasteiger partial charge >= 0.3 is 0 Å². The summed E-state index contributed by atoms with van der Waals surface area (Å²) in [6.45, 7) is 0.121. The predicted octanol–water partition coefficient (Wildman–Crippen LogP) is -0.463. The molecule has 1 aromatic rings. The SMILES string of the molecule is Cn1nc(CCO)cc1N. The Morgan fingerprint density at radius 2 is 2.50 bits per heavy atom. The van der Waals surface area contributed by atoms with Crippen LogP contribution >= 0.6 is 0 Å². The number of nitrogen functional groups attached to an aromatic ring is 1. The summed E-state index contributed by atoms with van der Waals surface area (Å²) in [6, 6.07) is 1.76. The van der Waals surface area contributed by atoms with Gasteiger partial charge in [-0.05, 0) is 0 Å². The molecule has 1 heterocycles. The van der Waals surface area contributed by atoms with Gasteiger partial charge in [-0.1, -0.05) is 0 Å². The van der Waals surface area contributed by atoms with Crippen LogP contribution in [0.5, 0.6) is 0 Å². The smallest absolute Gasteiger partial charge is 0.121 e. The van der Waals surface area contributed by atoms with E-state index in [9.17, 15) is 0 Å². The van der Waals surface area contributed by atoms with Gasteiger partial charge in [0.25, 0.3) is 0 Å². The van der Waals surface area contributed by atoms with Crippen molar-refractivity contribution >= 4 is 5.82 Å². The van der Waals surface area contributed by atoms with E-state index in [1.807, 2.05) is 0 Å². The molecule has 0 unspecified atom stereocenters. The number of aryl methyl sites for hydroxylation is 1. The van der Waals surface area contributed by atoms with Crippen molar-refractivity contribution in [3.8, 4) is 0 Å². The van der Waals surface area contributed by atoms with Crippen LogP contribution in [-0.2, 0) is 13.5 Å². The van der Waals surface area contributed by atoms with Crippen molar-refractivity contribution in [1.29, 1.82) is 0 Å². The van der Waals surface area contributed by atoms with Gasteiger partial charge in [-0.15, -0.1) is 0 Å². The minimum Gasteiger partial charge on any atom is -0.396 e.